The monoisotopic (exact) mass is 427 g/mol. The van der Waals surface area contributed by atoms with Gasteiger partial charge in [0, 0.05) is 23.7 Å². The van der Waals surface area contributed by atoms with Crippen LogP contribution >= 0.6 is 23.2 Å². The van der Waals surface area contributed by atoms with Crippen molar-refractivity contribution in [1.29, 1.82) is 0 Å². The van der Waals surface area contributed by atoms with Crippen molar-refractivity contribution in [1.82, 2.24) is 16.0 Å². The van der Waals surface area contributed by atoms with Gasteiger partial charge in [-0.1, -0.05) is 30.1 Å². The largest absolute Gasteiger partial charge is 0.484 e. The van der Waals surface area contributed by atoms with Crippen LogP contribution in [0.3, 0.4) is 0 Å². The number of rotatable bonds is 7. The number of carbonyl (C=O) groups excluding carboxylic acids is 2. The van der Waals surface area contributed by atoms with Crippen molar-refractivity contribution in [3.05, 3.63) is 28.2 Å². The van der Waals surface area contributed by atoms with Crippen LogP contribution in [0.5, 0.6) is 5.75 Å². The Morgan fingerprint density at radius 3 is 2.57 bits per heavy atom. The van der Waals surface area contributed by atoms with Gasteiger partial charge >= 0.3 is 0 Å². The Bertz CT molecular complexity index is 784. The number of hydrogen-bond donors (Lipinski definition) is 3. The summed E-state index contributed by atoms with van der Waals surface area (Å²) in [4.78, 5) is 24.6. The minimum Gasteiger partial charge on any atom is -0.484 e. The summed E-state index contributed by atoms with van der Waals surface area (Å²) < 4.78 is 11.1. The molecule has 0 spiro atoms. The Morgan fingerprint density at radius 2 is 1.93 bits per heavy atom. The second kappa shape index (κ2) is 7.37. The maximum Gasteiger partial charge on any atom is 0.258 e. The lowest BCUT2D eigenvalue weighted by Crippen LogP contribution is -2.84. The van der Waals surface area contributed by atoms with Gasteiger partial charge < -0.3 is 20.1 Å². The van der Waals surface area contributed by atoms with Gasteiger partial charge in [0.2, 0.25) is 0 Å². The molecule has 0 radical (unpaired) electrons. The second-order valence-electron chi connectivity index (χ2n) is 7.92. The van der Waals surface area contributed by atoms with Crippen molar-refractivity contribution in [2.45, 2.75) is 56.0 Å². The molecule has 1 aromatic carbocycles. The van der Waals surface area contributed by atoms with Crippen LogP contribution in [0.4, 0.5) is 0 Å². The van der Waals surface area contributed by atoms with Crippen LogP contribution in [0.1, 0.15) is 32.6 Å². The van der Waals surface area contributed by atoms with Gasteiger partial charge in [-0.2, -0.15) is 0 Å². The lowest BCUT2D eigenvalue weighted by Gasteiger charge is -2.70. The zero-order chi connectivity index (χ0) is 19.9. The Morgan fingerprint density at radius 1 is 1.21 bits per heavy atom. The fourth-order valence-corrected chi connectivity index (χ4v) is 4.66. The summed E-state index contributed by atoms with van der Waals surface area (Å²) in [6.07, 6.45) is 2.55. The molecule has 7 nitrogen and oxygen atoms in total. The first-order chi connectivity index (χ1) is 13.3. The van der Waals surface area contributed by atoms with E-state index in [1.807, 2.05) is 6.92 Å². The smallest absolute Gasteiger partial charge is 0.258 e. The SMILES string of the molecule is CCC1NCC(C(=O)NC23CC(NC(=O)COc4ccc(Cl)c(Cl)c4)(C2)C3)O1. The molecule has 9 heteroatoms. The number of ether oxygens (including phenoxy) is 2. The molecule has 3 saturated carbocycles. The zero-order valence-corrected chi connectivity index (χ0v) is 17.0. The Hall–Kier alpha value is -1.54. The summed E-state index contributed by atoms with van der Waals surface area (Å²) in [6, 6.07) is 4.86. The third-order valence-electron chi connectivity index (χ3n) is 5.61. The highest BCUT2D eigenvalue weighted by Crippen LogP contribution is 2.60. The van der Waals surface area contributed by atoms with E-state index in [0.717, 1.165) is 25.7 Å². The van der Waals surface area contributed by atoms with E-state index in [2.05, 4.69) is 16.0 Å². The normalized spacial score (nSPS) is 32.8. The van der Waals surface area contributed by atoms with E-state index in [4.69, 9.17) is 32.7 Å². The predicted octanol–water partition coefficient (Wildman–Crippen LogP) is 2.00. The number of halogens is 2. The van der Waals surface area contributed by atoms with E-state index in [-0.39, 0.29) is 35.7 Å². The quantitative estimate of drug-likeness (QED) is 0.619. The number of carbonyl (C=O) groups is 2. The summed E-state index contributed by atoms with van der Waals surface area (Å²) in [5.74, 6) is 0.215. The molecule has 2 bridgehead atoms. The van der Waals surface area contributed by atoms with Crippen molar-refractivity contribution >= 4 is 35.0 Å². The molecule has 2 amide bonds. The molecule has 152 valence electrons. The van der Waals surface area contributed by atoms with Gasteiger partial charge in [0.1, 0.15) is 12.0 Å². The molecular weight excluding hydrogens is 405 g/mol. The van der Waals surface area contributed by atoms with Gasteiger partial charge in [-0.3, -0.25) is 14.9 Å². The van der Waals surface area contributed by atoms with E-state index >= 15 is 0 Å². The maximum absolute atomic E-state index is 12.4. The first kappa shape index (κ1) is 19.8. The fraction of sp³-hybridized carbons (Fsp3) is 0.579. The minimum absolute atomic E-state index is 0.0510. The van der Waals surface area contributed by atoms with Crippen molar-refractivity contribution in [2.75, 3.05) is 13.2 Å². The molecule has 0 aromatic heterocycles. The number of benzene rings is 1. The molecule has 1 aromatic rings. The van der Waals surface area contributed by atoms with E-state index in [1.165, 1.54) is 0 Å². The van der Waals surface area contributed by atoms with Crippen LogP contribution in [-0.2, 0) is 14.3 Å². The summed E-state index contributed by atoms with van der Waals surface area (Å²) in [5, 5.41) is 10.1. The molecule has 2 unspecified atom stereocenters. The maximum atomic E-state index is 12.4. The van der Waals surface area contributed by atoms with Gasteiger partial charge in [-0.25, -0.2) is 0 Å². The van der Waals surface area contributed by atoms with Crippen LogP contribution in [-0.4, -0.2) is 48.4 Å². The average Bonchev–Trinajstić information content (AvgIpc) is 3.09. The zero-order valence-electron chi connectivity index (χ0n) is 15.5. The number of hydrogen-bond acceptors (Lipinski definition) is 5. The van der Waals surface area contributed by atoms with Crippen molar-refractivity contribution in [3.8, 4) is 5.75 Å². The molecule has 1 heterocycles. The molecule has 1 aliphatic heterocycles. The molecule has 2 atom stereocenters. The van der Waals surface area contributed by atoms with Crippen LogP contribution in [0.15, 0.2) is 18.2 Å². The molecular formula is C19H23Cl2N3O4. The van der Waals surface area contributed by atoms with E-state index in [0.29, 0.717) is 22.3 Å². The predicted molar refractivity (Wildman–Crippen MR) is 105 cm³/mol. The van der Waals surface area contributed by atoms with Crippen LogP contribution in [0.2, 0.25) is 10.0 Å². The van der Waals surface area contributed by atoms with Gasteiger partial charge in [-0.15, -0.1) is 0 Å². The Kier molecular flexibility index (Phi) is 5.20. The van der Waals surface area contributed by atoms with E-state index in [1.54, 1.807) is 18.2 Å². The second-order valence-corrected chi connectivity index (χ2v) is 8.74. The van der Waals surface area contributed by atoms with Gasteiger partial charge in [0.25, 0.3) is 11.8 Å². The summed E-state index contributed by atoms with van der Waals surface area (Å²) in [6.45, 7) is 2.45. The average molecular weight is 428 g/mol. The topological polar surface area (TPSA) is 88.7 Å². The van der Waals surface area contributed by atoms with Crippen molar-refractivity contribution < 1.29 is 19.1 Å². The van der Waals surface area contributed by atoms with Crippen LogP contribution in [0, 0.1) is 0 Å². The first-order valence-corrected chi connectivity index (χ1v) is 10.2. The molecule has 3 aliphatic carbocycles. The first-order valence-electron chi connectivity index (χ1n) is 9.42. The third-order valence-corrected chi connectivity index (χ3v) is 6.35. The highest BCUT2D eigenvalue weighted by molar-refractivity contribution is 6.42. The standard InChI is InChI=1S/C19H23Cl2N3O4/c1-2-16-22-6-14(28-16)17(26)24-19-8-18(9-19,10-19)23-15(25)7-27-11-3-4-12(20)13(21)5-11/h3-5,14,16,22H,2,6-10H2,1H3,(H,23,25)(H,24,26). The molecule has 4 fully saturated rings. The highest BCUT2D eigenvalue weighted by atomic mass is 35.5. The third kappa shape index (κ3) is 3.81. The molecule has 5 rings (SSSR count). The molecule has 4 aliphatic rings. The summed E-state index contributed by atoms with van der Waals surface area (Å²) >= 11 is 11.8. The van der Waals surface area contributed by atoms with Crippen molar-refractivity contribution in [2.24, 2.45) is 0 Å². The number of amides is 2. The van der Waals surface area contributed by atoms with Crippen LogP contribution in [0.25, 0.3) is 0 Å². The van der Waals surface area contributed by atoms with Gasteiger partial charge in [0.05, 0.1) is 10.0 Å². The van der Waals surface area contributed by atoms with Crippen LogP contribution < -0.4 is 20.7 Å². The molecule has 1 saturated heterocycles. The molecule has 28 heavy (non-hydrogen) atoms. The van der Waals surface area contributed by atoms with E-state index in [9.17, 15) is 9.59 Å². The van der Waals surface area contributed by atoms with Gasteiger partial charge in [0.15, 0.2) is 12.7 Å². The fourth-order valence-electron chi connectivity index (χ4n) is 4.37. The van der Waals surface area contributed by atoms with Crippen molar-refractivity contribution in [3.63, 3.8) is 0 Å². The summed E-state index contributed by atoms with van der Waals surface area (Å²) in [7, 11) is 0. The minimum atomic E-state index is -0.441. The lowest BCUT2D eigenvalue weighted by molar-refractivity contribution is -0.155. The van der Waals surface area contributed by atoms with E-state index < -0.39 is 6.10 Å². The number of nitrogens with one attached hydrogen (secondary N) is 3. The molecule has 3 N–H and O–H groups in total. The highest BCUT2D eigenvalue weighted by Gasteiger charge is 2.69. The Balaban J connectivity index is 1.19. The van der Waals surface area contributed by atoms with Gasteiger partial charge in [-0.05, 0) is 37.8 Å². The lowest BCUT2D eigenvalue weighted by atomic mass is 9.44. The summed E-state index contributed by atoms with van der Waals surface area (Å²) in [5.41, 5.74) is -0.436. The Labute approximate surface area is 173 Å².